The summed E-state index contributed by atoms with van der Waals surface area (Å²) in [5, 5.41) is 8.42. The van der Waals surface area contributed by atoms with Gasteiger partial charge < -0.3 is 9.80 Å². The lowest BCUT2D eigenvalue weighted by molar-refractivity contribution is -0.131. The molecule has 12 heavy (non-hydrogen) atoms. The molecule has 0 radical (unpaired) electrons. The molecule has 0 heterocycles. The van der Waals surface area contributed by atoms with Gasteiger partial charge in [0.15, 0.2) is 6.19 Å². The van der Waals surface area contributed by atoms with Gasteiger partial charge in [-0.15, -0.1) is 0 Å². The Balaban J connectivity index is 3.94. The second kappa shape index (κ2) is 5.42. The predicted octanol–water partition coefficient (Wildman–Crippen LogP) is 0.268. The van der Waals surface area contributed by atoms with E-state index in [9.17, 15) is 4.79 Å². The molecule has 0 aromatic carbocycles. The first kappa shape index (κ1) is 10.8. The Kier molecular flexibility index (Phi) is 4.86. The summed E-state index contributed by atoms with van der Waals surface area (Å²) in [5.74, 6) is 0.00375. The van der Waals surface area contributed by atoms with Crippen molar-refractivity contribution in [2.24, 2.45) is 0 Å². The quantitative estimate of drug-likeness (QED) is 0.448. The Morgan fingerprint density at radius 1 is 1.42 bits per heavy atom. The van der Waals surface area contributed by atoms with Gasteiger partial charge in [0.25, 0.3) is 0 Å². The highest BCUT2D eigenvalue weighted by atomic mass is 16.2. The molecule has 0 saturated carbocycles. The maximum absolute atomic E-state index is 11.3. The Morgan fingerprint density at radius 3 is 2.25 bits per heavy atom. The molecule has 0 bridgehead atoms. The number of hydrogen-bond acceptors (Lipinski definition) is 3. The van der Waals surface area contributed by atoms with Crippen molar-refractivity contribution in [2.45, 2.75) is 13.8 Å². The smallest absolute Gasteiger partial charge is 0.242 e. The Hall–Kier alpha value is -1.24. The summed E-state index contributed by atoms with van der Waals surface area (Å²) >= 11 is 0. The van der Waals surface area contributed by atoms with E-state index in [2.05, 4.69) is 0 Å². The van der Waals surface area contributed by atoms with E-state index in [0.29, 0.717) is 13.1 Å². The zero-order valence-corrected chi connectivity index (χ0v) is 7.87. The molecule has 0 saturated heterocycles. The zero-order chi connectivity index (χ0) is 9.56. The number of rotatable bonds is 4. The van der Waals surface area contributed by atoms with Crippen LogP contribution in [-0.4, -0.2) is 42.4 Å². The van der Waals surface area contributed by atoms with Gasteiger partial charge in [-0.1, -0.05) is 0 Å². The third kappa shape index (κ3) is 3.24. The summed E-state index contributed by atoms with van der Waals surface area (Å²) < 4.78 is 0. The fourth-order valence-electron chi connectivity index (χ4n) is 0.915. The van der Waals surface area contributed by atoms with E-state index < -0.39 is 0 Å². The first-order valence-electron chi connectivity index (χ1n) is 4.04. The number of amides is 1. The predicted molar refractivity (Wildman–Crippen MR) is 46.2 cm³/mol. The van der Waals surface area contributed by atoms with Crippen LogP contribution in [0.5, 0.6) is 0 Å². The van der Waals surface area contributed by atoms with Gasteiger partial charge in [-0.25, -0.2) is 0 Å². The van der Waals surface area contributed by atoms with Gasteiger partial charge in [0.05, 0.1) is 0 Å². The van der Waals surface area contributed by atoms with Gasteiger partial charge >= 0.3 is 0 Å². The highest BCUT2D eigenvalue weighted by Crippen LogP contribution is 1.90. The SMILES string of the molecule is CCN(CC)C(=O)CN(C)C#N. The van der Waals surface area contributed by atoms with E-state index >= 15 is 0 Å². The minimum absolute atomic E-state index is 0.00375. The summed E-state index contributed by atoms with van der Waals surface area (Å²) in [6.45, 7) is 5.43. The third-order valence-corrected chi connectivity index (χ3v) is 1.66. The maximum Gasteiger partial charge on any atom is 0.242 e. The van der Waals surface area contributed by atoms with Crippen LogP contribution in [0.2, 0.25) is 0 Å². The summed E-state index contributed by atoms with van der Waals surface area (Å²) in [6.07, 6.45) is 1.88. The molecule has 0 N–H and O–H groups in total. The number of likely N-dealkylation sites (N-methyl/N-ethyl adjacent to an activating group) is 2. The Labute approximate surface area is 73.4 Å². The lowest BCUT2D eigenvalue weighted by Gasteiger charge is -2.20. The molecule has 0 unspecified atom stereocenters. The topological polar surface area (TPSA) is 47.3 Å². The molecule has 0 spiro atoms. The third-order valence-electron chi connectivity index (χ3n) is 1.66. The van der Waals surface area contributed by atoms with Gasteiger partial charge in [0.1, 0.15) is 6.54 Å². The van der Waals surface area contributed by atoms with Gasteiger partial charge in [0.2, 0.25) is 5.91 Å². The molecular weight excluding hydrogens is 154 g/mol. The van der Waals surface area contributed by atoms with Crippen LogP contribution >= 0.6 is 0 Å². The van der Waals surface area contributed by atoms with Crippen molar-refractivity contribution < 1.29 is 4.79 Å². The van der Waals surface area contributed by atoms with Crippen molar-refractivity contribution in [3.8, 4) is 6.19 Å². The average Bonchev–Trinajstić information content (AvgIpc) is 2.06. The summed E-state index contributed by atoms with van der Waals surface area (Å²) in [6, 6.07) is 0. The van der Waals surface area contributed by atoms with E-state index in [1.54, 1.807) is 11.9 Å². The normalized spacial score (nSPS) is 8.83. The summed E-state index contributed by atoms with van der Waals surface area (Å²) in [5.41, 5.74) is 0. The second-order valence-electron chi connectivity index (χ2n) is 2.52. The van der Waals surface area contributed by atoms with Crippen LogP contribution in [0.25, 0.3) is 0 Å². The number of hydrogen-bond donors (Lipinski definition) is 0. The van der Waals surface area contributed by atoms with E-state index in [4.69, 9.17) is 5.26 Å². The second-order valence-corrected chi connectivity index (χ2v) is 2.52. The molecule has 0 aliphatic heterocycles. The molecule has 0 aliphatic carbocycles. The highest BCUT2D eigenvalue weighted by Gasteiger charge is 2.10. The summed E-state index contributed by atoms with van der Waals surface area (Å²) in [4.78, 5) is 14.3. The first-order valence-corrected chi connectivity index (χ1v) is 4.04. The van der Waals surface area contributed by atoms with E-state index in [1.807, 2.05) is 20.0 Å². The fourth-order valence-corrected chi connectivity index (χ4v) is 0.915. The van der Waals surface area contributed by atoms with Crippen molar-refractivity contribution in [3.05, 3.63) is 0 Å². The standard InChI is InChI=1S/C8H15N3O/c1-4-11(5-2)8(12)6-10(3)7-9/h4-6H2,1-3H3. The van der Waals surface area contributed by atoms with Crippen molar-refractivity contribution in [1.29, 1.82) is 5.26 Å². The van der Waals surface area contributed by atoms with E-state index in [-0.39, 0.29) is 12.5 Å². The molecule has 0 aromatic heterocycles. The van der Waals surface area contributed by atoms with Gasteiger partial charge in [-0.3, -0.25) is 4.79 Å². The molecule has 68 valence electrons. The van der Waals surface area contributed by atoms with Gasteiger partial charge in [-0.2, -0.15) is 5.26 Å². The Bertz CT molecular complexity index is 181. The molecule has 0 rings (SSSR count). The van der Waals surface area contributed by atoms with Crippen LogP contribution in [-0.2, 0) is 4.79 Å². The summed E-state index contributed by atoms with van der Waals surface area (Å²) in [7, 11) is 1.60. The molecule has 0 fully saturated rings. The molecule has 0 atom stereocenters. The van der Waals surface area contributed by atoms with E-state index in [1.165, 1.54) is 4.90 Å². The van der Waals surface area contributed by atoms with Gasteiger partial charge in [-0.05, 0) is 13.8 Å². The minimum Gasteiger partial charge on any atom is -0.342 e. The lowest BCUT2D eigenvalue weighted by atomic mass is 10.4. The zero-order valence-electron chi connectivity index (χ0n) is 7.87. The van der Waals surface area contributed by atoms with Crippen molar-refractivity contribution in [2.75, 3.05) is 26.7 Å². The fraction of sp³-hybridized carbons (Fsp3) is 0.750. The number of nitriles is 1. The van der Waals surface area contributed by atoms with Crippen molar-refractivity contribution in [3.63, 3.8) is 0 Å². The maximum atomic E-state index is 11.3. The molecule has 0 aromatic rings. The molecule has 4 nitrogen and oxygen atoms in total. The van der Waals surface area contributed by atoms with Gasteiger partial charge in [0, 0.05) is 20.1 Å². The average molecular weight is 169 g/mol. The molecule has 4 heteroatoms. The van der Waals surface area contributed by atoms with Crippen molar-refractivity contribution in [1.82, 2.24) is 9.80 Å². The molecular formula is C8H15N3O. The van der Waals surface area contributed by atoms with Crippen molar-refractivity contribution >= 4 is 5.91 Å². The number of carbonyl (C=O) groups excluding carboxylic acids is 1. The first-order chi connectivity index (χ1) is 5.65. The molecule has 1 amide bonds. The monoisotopic (exact) mass is 169 g/mol. The van der Waals surface area contributed by atoms with Crippen LogP contribution in [0.15, 0.2) is 0 Å². The largest absolute Gasteiger partial charge is 0.342 e. The number of nitrogens with zero attached hydrogens (tertiary/aromatic N) is 3. The van der Waals surface area contributed by atoms with Crippen LogP contribution in [0.3, 0.4) is 0 Å². The lowest BCUT2D eigenvalue weighted by Crippen LogP contribution is -2.37. The van der Waals surface area contributed by atoms with Crippen LogP contribution < -0.4 is 0 Å². The molecule has 0 aliphatic rings. The minimum atomic E-state index is 0.00375. The van der Waals surface area contributed by atoms with Crippen LogP contribution in [0, 0.1) is 11.5 Å². The Morgan fingerprint density at radius 2 is 1.92 bits per heavy atom. The van der Waals surface area contributed by atoms with Crippen LogP contribution in [0.4, 0.5) is 0 Å². The van der Waals surface area contributed by atoms with E-state index in [0.717, 1.165) is 0 Å². The highest BCUT2D eigenvalue weighted by molar-refractivity contribution is 5.78. The van der Waals surface area contributed by atoms with Crippen LogP contribution in [0.1, 0.15) is 13.8 Å². The number of carbonyl (C=O) groups is 1.